The maximum atomic E-state index is 12.4. The van der Waals surface area contributed by atoms with E-state index in [0.717, 1.165) is 11.3 Å². The van der Waals surface area contributed by atoms with Gasteiger partial charge in [0.05, 0.1) is 11.7 Å². The summed E-state index contributed by atoms with van der Waals surface area (Å²) in [7, 11) is 1.74. The molecule has 0 saturated carbocycles. The molecule has 0 spiro atoms. The van der Waals surface area contributed by atoms with Gasteiger partial charge in [-0.15, -0.1) is 0 Å². The zero-order chi connectivity index (χ0) is 20.6. The largest absolute Gasteiger partial charge is 0.350 e. The molecule has 0 saturated heterocycles. The lowest BCUT2D eigenvalue weighted by Gasteiger charge is -2.25. The van der Waals surface area contributed by atoms with Crippen molar-refractivity contribution in [2.75, 3.05) is 20.1 Å². The second kappa shape index (κ2) is 9.50. The lowest BCUT2D eigenvalue weighted by molar-refractivity contribution is 0.0953. The van der Waals surface area contributed by atoms with Crippen LogP contribution in [0.3, 0.4) is 0 Å². The molecule has 1 heterocycles. The van der Waals surface area contributed by atoms with Crippen LogP contribution in [0.4, 0.5) is 4.79 Å². The molecule has 0 aliphatic heterocycles. The average molecular weight is 392 g/mol. The molecule has 2 aromatic carbocycles. The van der Waals surface area contributed by atoms with Crippen LogP contribution >= 0.6 is 0 Å². The molecule has 3 aromatic rings. The predicted molar refractivity (Wildman–Crippen MR) is 110 cm³/mol. The van der Waals surface area contributed by atoms with Crippen molar-refractivity contribution < 1.29 is 9.59 Å². The van der Waals surface area contributed by atoms with E-state index in [-0.39, 0.29) is 18.0 Å². The average Bonchev–Trinajstić information content (AvgIpc) is 3.31. The molecule has 0 fully saturated rings. The molecule has 3 rings (SSSR count). The molecule has 0 aliphatic rings. The SMILES string of the molecule is CC(c1ccc(-n2cncn2)cc1)N(C)C(=O)NCCNC(=O)c1ccccc1. The number of benzene rings is 2. The summed E-state index contributed by atoms with van der Waals surface area (Å²) in [6.45, 7) is 2.66. The number of hydrogen-bond donors (Lipinski definition) is 2. The second-order valence-electron chi connectivity index (χ2n) is 6.57. The van der Waals surface area contributed by atoms with Crippen molar-refractivity contribution in [2.45, 2.75) is 13.0 Å². The Hall–Kier alpha value is -3.68. The summed E-state index contributed by atoms with van der Waals surface area (Å²) >= 11 is 0. The number of carbonyl (C=O) groups is 2. The van der Waals surface area contributed by atoms with Gasteiger partial charge in [-0.3, -0.25) is 4.79 Å². The number of carbonyl (C=O) groups excluding carboxylic acids is 2. The number of urea groups is 1. The summed E-state index contributed by atoms with van der Waals surface area (Å²) in [5, 5.41) is 9.71. The fourth-order valence-corrected chi connectivity index (χ4v) is 2.81. The third-order valence-electron chi connectivity index (χ3n) is 4.68. The van der Waals surface area contributed by atoms with Gasteiger partial charge < -0.3 is 15.5 Å². The molecular formula is C21H24N6O2. The first-order valence-electron chi connectivity index (χ1n) is 9.35. The van der Waals surface area contributed by atoms with Gasteiger partial charge in [0.2, 0.25) is 0 Å². The molecule has 0 radical (unpaired) electrons. The minimum atomic E-state index is -0.202. The Labute approximate surface area is 169 Å². The first kappa shape index (κ1) is 20.1. The van der Waals surface area contributed by atoms with Gasteiger partial charge in [0.1, 0.15) is 12.7 Å². The van der Waals surface area contributed by atoms with Crippen molar-refractivity contribution in [2.24, 2.45) is 0 Å². The van der Waals surface area contributed by atoms with Crippen LogP contribution in [0, 0.1) is 0 Å². The Morgan fingerprint density at radius 1 is 1.03 bits per heavy atom. The Bertz CT molecular complexity index is 926. The molecule has 1 unspecified atom stereocenters. The van der Waals surface area contributed by atoms with E-state index in [1.807, 2.05) is 49.4 Å². The summed E-state index contributed by atoms with van der Waals surface area (Å²) in [6, 6.07) is 16.5. The molecular weight excluding hydrogens is 368 g/mol. The first-order valence-corrected chi connectivity index (χ1v) is 9.35. The van der Waals surface area contributed by atoms with Crippen molar-refractivity contribution in [1.82, 2.24) is 30.3 Å². The van der Waals surface area contributed by atoms with Gasteiger partial charge in [-0.25, -0.2) is 14.5 Å². The smallest absolute Gasteiger partial charge is 0.317 e. The number of aromatic nitrogens is 3. The van der Waals surface area contributed by atoms with E-state index in [4.69, 9.17) is 0 Å². The minimum Gasteiger partial charge on any atom is -0.350 e. The van der Waals surface area contributed by atoms with Crippen LogP contribution in [-0.2, 0) is 0 Å². The third-order valence-corrected chi connectivity index (χ3v) is 4.68. The van der Waals surface area contributed by atoms with Gasteiger partial charge in [-0.2, -0.15) is 5.10 Å². The number of amides is 3. The van der Waals surface area contributed by atoms with Crippen molar-refractivity contribution in [1.29, 1.82) is 0 Å². The number of hydrogen-bond acceptors (Lipinski definition) is 4. The van der Waals surface area contributed by atoms with Crippen LogP contribution in [0.1, 0.15) is 28.9 Å². The molecule has 2 N–H and O–H groups in total. The Morgan fingerprint density at radius 2 is 1.72 bits per heavy atom. The van der Waals surface area contributed by atoms with Crippen LogP contribution in [0.25, 0.3) is 5.69 Å². The molecule has 29 heavy (non-hydrogen) atoms. The maximum absolute atomic E-state index is 12.4. The van der Waals surface area contributed by atoms with E-state index in [9.17, 15) is 9.59 Å². The van der Waals surface area contributed by atoms with Gasteiger partial charge in [0.25, 0.3) is 5.91 Å². The van der Waals surface area contributed by atoms with E-state index in [0.29, 0.717) is 18.7 Å². The van der Waals surface area contributed by atoms with Gasteiger partial charge in [-0.1, -0.05) is 30.3 Å². The fourth-order valence-electron chi connectivity index (χ4n) is 2.81. The second-order valence-corrected chi connectivity index (χ2v) is 6.57. The summed E-state index contributed by atoms with van der Waals surface area (Å²) in [6.07, 6.45) is 3.12. The molecule has 1 aromatic heterocycles. The monoisotopic (exact) mass is 392 g/mol. The van der Waals surface area contributed by atoms with Crippen LogP contribution in [0.15, 0.2) is 67.3 Å². The van der Waals surface area contributed by atoms with Crippen LogP contribution in [0.2, 0.25) is 0 Å². The van der Waals surface area contributed by atoms with E-state index in [1.54, 1.807) is 35.1 Å². The molecule has 150 valence electrons. The van der Waals surface area contributed by atoms with E-state index in [2.05, 4.69) is 20.7 Å². The standard InChI is InChI=1S/C21H24N6O2/c1-16(17-8-10-19(11-9-17)27-15-22-14-25-27)26(2)21(29)24-13-12-23-20(28)18-6-4-3-5-7-18/h3-11,14-16H,12-13H2,1-2H3,(H,23,28)(H,24,29). The fraction of sp³-hybridized carbons (Fsp3) is 0.238. The highest BCUT2D eigenvalue weighted by atomic mass is 16.2. The Morgan fingerprint density at radius 3 is 2.38 bits per heavy atom. The van der Waals surface area contributed by atoms with Crippen LogP contribution in [0.5, 0.6) is 0 Å². The number of nitrogens with zero attached hydrogens (tertiary/aromatic N) is 4. The zero-order valence-corrected chi connectivity index (χ0v) is 16.4. The normalized spacial score (nSPS) is 11.5. The van der Waals surface area contributed by atoms with E-state index in [1.165, 1.54) is 6.33 Å². The molecule has 0 bridgehead atoms. The zero-order valence-electron chi connectivity index (χ0n) is 16.4. The molecule has 3 amide bonds. The third kappa shape index (κ3) is 5.19. The summed E-state index contributed by atoms with van der Waals surface area (Å²) in [4.78, 5) is 30.0. The van der Waals surface area contributed by atoms with Crippen molar-refractivity contribution in [3.8, 4) is 5.69 Å². The lowest BCUT2D eigenvalue weighted by Crippen LogP contribution is -2.42. The first-order chi connectivity index (χ1) is 14.1. The van der Waals surface area contributed by atoms with Gasteiger partial charge in [-0.05, 0) is 36.8 Å². The molecule has 8 nitrogen and oxygen atoms in total. The topological polar surface area (TPSA) is 92.2 Å². The Kier molecular flexibility index (Phi) is 6.57. The molecule has 8 heteroatoms. The van der Waals surface area contributed by atoms with Gasteiger partial charge in [0, 0.05) is 25.7 Å². The number of nitrogens with one attached hydrogen (secondary N) is 2. The molecule has 0 aliphatic carbocycles. The van der Waals surface area contributed by atoms with Crippen LogP contribution < -0.4 is 10.6 Å². The highest BCUT2D eigenvalue weighted by Gasteiger charge is 2.17. The lowest BCUT2D eigenvalue weighted by atomic mass is 10.1. The van der Waals surface area contributed by atoms with Crippen molar-refractivity contribution in [3.05, 3.63) is 78.4 Å². The highest BCUT2D eigenvalue weighted by Crippen LogP contribution is 2.20. The van der Waals surface area contributed by atoms with Gasteiger partial charge in [0.15, 0.2) is 0 Å². The summed E-state index contributed by atoms with van der Waals surface area (Å²) in [5.74, 6) is -0.158. The quantitative estimate of drug-likeness (QED) is 0.604. The number of rotatable bonds is 7. The maximum Gasteiger partial charge on any atom is 0.317 e. The van der Waals surface area contributed by atoms with E-state index >= 15 is 0 Å². The van der Waals surface area contributed by atoms with Crippen molar-refractivity contribution in [3.63, 3.8) is 0 Å². The van der Waals surface area contributed by atoms with Gasteiger partial charge >= 0.3 is 6.03 Å². The summed E-state index contributed by atoms with van der Waals surface area (Å²) < 4.78 is 1.68. The minimum absolute atomic E-state index is 0.112. The van der Waals surface area contributed by atoms with E-state index < -0.39 is 0 Å². The highest BCUT2D eigenvalue weighted by molar-refractivity contribution is 5.94. The Balaban J connectivity index is 1.46. The predicted octanol–water partition coefficient (Wildman–Crippen LogP) is 2.40. The summed E-state index contributed by atoms with van der Waals surface area (Å²) in [5.41, 5.74) is 2.50. The van der Waals surface area contributed by atoms with Crippen molar-refractivity contribution >= 4 is 11.9 Å². The molecule has 1 atom stereocenters. The van der Waals surface area contributed by atoms with Crippen LogP contribution in [-0.4, -0.2) is 51.7 Å².